The molecular formula is C20H21Cl3N3O6P. The van der Waals surface area contributed by atoms with Crippen molar-refractivity contribution in [3.8, 4) is 0 Å². The van der Waals surface area contributed by atoms with E-state index in [9.17, 15) is 18.9 Å². The molecule has 0 spiro atoms. The number of rotatable bonds is 6. The number of hydrogen-bond donors (Lipinski definition) is 3. The molecule has 0 fully saturated rings. The lowest BCUT2D eigenvalue weighted by Gasteiger charge is -2.01. The second-order valence-corrected chi connectivity index (χ2v) is 13.1. The smallest absolute Gasteiger partial charge is 0.339 e. The second-order valence-electron chi connectivity index (χ2n) is 6.45. The lowest BCUT2D eigenvalue weighted by atomic mass is 10.0. The number of halogens is 3. The van der Waals surface area contributed by atoms with Gasteiger partial charge in [0.05, 0.1) is 6.33 Å². The van der Waals surface area contributed by atoms with Crippen molar-refractivity contribution in [2.75, 3.05) is 0 Å². The van der Waals surface area contributed by atoms with E-state index in [2.05, 4.69) is 48.3 Å². The van der Waals surface area contributed by atoms with Crippen LogP contribution in [0.25, 0.3) is 10.9 Å². The molecule has 13 heteroatoms. The molecule has 178 valence electrons. The molecule has 0 aliphatic heterocycles. The highest BCUT2D eigenvalue weighted by atomic mass is 36.0. The Morgan fingerprint density at radius 1 is 1.12 bits per heavy atom. The Bertz CT molecular complexity index is 1160. The van der Waals surface area contributed by atoms with E-state index >= 15 is 0 Å². The largest absolute Gasteiger partial charge is 0.478 e. The number of ketones is 1. The lowest BCUT2D eigenvalue weighted by Crippen LogP contribution is -2.04. The van der Waals surface area contributed by atoms with Gasteiger partial charge in [-0.25, -0.2) is 14.6 Å². The quantitative estimate of drug-likeness (QED) is 0.213. The van der Waals surface area contributed by atoms with E-state index in [-0.39, 0.29) is 5.78 Å². The number of carboxylic acids is 2. The Hall–Kier alpha value is -2.58. The summed E-state index contributed by atoms with van der Waals surface area (Å²) >= 11 is 13.8. The van der Waals surface area contributed by atoms with Gasteiger partial charge in [-0.2, -0.15) is 0 Å². The van der Waals surface area contributed by atoms with Gasteiger partial charge in [-0.3, -0.25) is 9.36 Å². The molecule has 0 atom stereocenters. The zero-order valence-corrected chi connectivity index (χ0v) is 20.7. The molecule has 2 heterocycles. The van der Waals surface area contributed by atoms with Crippen molar-refractivity contribution in [3.05, 3.63) is 65.9 Å². The summed E-state index contributed by atoms with van der Waals surface area (Å²) in [6.45, 7) is 2.00. The number of aromatic nitrogens is 3. The molecule has 0 radical (unpaired) electrons. The maximum Gasteiger partial charge on any atom is 0.339 e. The first-order chi connectivity index (χ1) is 15.3. The molecule has 0 bridgehead atoms. The molecule has 0 aliphatic carbocycles. The van der Waals surface area contributed by atoms with E-state index < -0.39 is 17.1 Å². The van der Waals surface area contributed by atoms with Gasteiger partial charge < -0.3 is 19.8 Å². The molecule has 1 aromatic carbocycles. The number of hydrogen-bond acceptors (Lipinski definition) is 5. The van der Waals surface area contributed by atoms with Gasteiger partial charge in [-0.1, -0.05) is 18.2 Å². The third-order valence-corrected chi connectivity index (χ3v) is 4.22. The van der Waals surface area contributed by atoms with Gasteiger partial charge in [0.25, 0.3) is 0 Å². The van der Waals surface area contributed by atoms with Crippen molar-refractivity contribution in [1.82, 2.24) is 14.5 Å². The zero-order chi connectivity index (χ0) is 25.2. The van der Waals surface area contributed by atoms with Crippen LogP contribution in [-0.4, -0.2) is 42.5 Å². The van der Waals surface area contributed by atoms with Crippen LogP contribution < -0.4 is 0 Å². The van der Waals surface area contributed by atoms with Crippen LogP contribution in [0.1, 0.15) is 28.2 Å². The van der Waals surface area contributed by atoms with Crippen LogP contribution in [0.5, 0.6) is 0 Å². The summed E-state index contributed by atoms with van der Waals surface area (Å²) in [5, 5.41) is 13.4. The van der Waals surface area contributed by atoms with Crippen molar-refractivity contribution in [3.63, 3.8) is 0 Å². The number of H-pyrrole nitrogens is 1. The van der Waals surface area contributed by atoms with Crippen molar-refractivity contribution in [2.24, 2.45) is 7.05 Å². The van der Waals surface area contributed by atoms with E-state index in [1.807, 2.05) is 38.2 Å². The van der Waals surface area contributed by atoms with Gasteiger partial charge in [0, 0.05) is 59.7 Å². The average molecular weight is 537 g/mol. The highest BCUT2D eigenvalue weighted by Gasteiger charge is 2.17. The van der Waals surface area contributed by atoms with E-state index in [1.165, 1.54) is 0 Å². The minimum absolute atomic E-state index is 0.189. The number of Topliss-reactive ketones (excluding diaryl/α,β-unsaturated/α-hetero) is 1. The zero-order valence-electron chi connectivity index (χ0n) is 17.5. The molecule has 0 aliphatic rings. The minimum atomic E-state index is -3.22. The Morgan fingerprint density at radius 3 is 2.15 bits per heavy atom. The first-order valence-electron chi connectivity index (χ1n) is 9.18. The Balaban J connectivity index is 0.000000349. The summed E-state index contributed by atoms with van der Waals surface area (Å²) in [5.41, 5.74) is 3.98. The molecule has 0 saturated heterocycles. The molecule has 9 nitrogen and oxygen atoms in total. The molecule has 3 aromatic rings. The fourth-order valence-electron chi connectivity index (χ4n) is 2.81. The van der Waals surface area contributed by atoms with Gasteiger partial charge in [-0.05, 0) is 53.1 Å². The number of para-hydroxylation sites is 1. The van der Waals surface area contributed by atoms with Gasteiger partial charge in [0.1, 0.15) is 0 Å². The number of aryl methyl sites for hydroxylation is 2. The molecular weight excluding hydrogens is 516 g/mol. The molecule has 33 heavy (non-hydrogen) atoms. The first kappa shape index (κ1) is 28.5. The van der Waals surface area contributed by atoms with Crippen LogP contribution in [0.15, 0.2) is 48.9 Å². The predicted octanol–water partition coefficient (Wildman–Crippen LogP) is 5.55. The molecule has 3 N–H and O–H groups in total. The fraction of sp³-hybridized carbons (Fsp3) is 0.200. The van der Waals surface area contributed by atoms with Crippen LogP contribution in [0, 0.1) is 6.92 Å². The summed E-state index contributed by atoms with van der Waals surface area (Å²) in [6.07, 6.45) is 5.72. The van der Waals surface area contributed by atoms with E-state index in [4.69, 9.17) is 10.2 Å². The number of aromatic amines is 1. The molecule has 0 unspecified atom stereocenters. The number of benzene rings is 1. The Labute approximate surface area is 203 Å². The topological polar surface area (TPSA) is 142 Å². The van der Waals surface area contributed by atoms with Crippen LogP contribution >= 0.6 is 38.9 Å². The highest BCUT2D eigenvalue weighted by molar-refractivity contribution is 8.24. The number of fused-ring (bicyclic) bond motifs is 1. The Morgan fingerprint density at radius 2 is 1.67 bits per heavy atom. The van der Waals surface area contributed by atoms with Crippen molar-refractivity contribution in [1.29, 1.82) is 0 Å². The van der Waals surface area contributed by atoms with Crippen LogP contribution in [0.2, 0.25) is 0 Å². The van der Waals surface area contributed by atoms with E-state index in [1.54, 1.807) is 12.5 Å². The molecule has 0 amide bonds. The monoisotopic (exact) mass is 535 g/mol. The van der Waals surface area contributed by atoms with Crippen molar-refractivity contribution < 1.29 is 29.2 Å². The van der Waals surface area contributed by atoms with Crippen molar-refractivity contribution in [2.45, 2.75) is 19.8 Å². The third kappa shape index (κ3) is 10.7. The van der Waals surface area contributed by atoms with Crippen LogP contribution in [0.3, 0.4) is 0 Å². The van der Waals surface area contributed by atoms with Crippen molar-refractivity contribution >= 4 is 67.5 Å². The fourth-order valence-corrected chi connectivity index (χ4v) is 2.81. The van der Waals surface area contributed by atoms with Crippen LogP contribution in [0.4, 0.5) is 0 Å². The second kappa shape index (κ2) is 13.2. The normalized spacial score (nSPS) is 10.8. The number of carboxylic acid groups (broad SMARTS) is 2. The Kier molecular flexibility index (Phi) is 11.4. The lowest BCUT2D eigenvalue weighted by molar-refractivity contribution is -0.134. The number of nitrogens with zero attached hydrogens (tertiary/aromatic N) is 2. The van der Waals surface area contributed by atoms with E-state index in [0.717, 1.165) is 27.9 Å². The maximum absolute atomic E-state index is 12.5. The van der Waals surface area contributed by atoms with E-state index in [0.29, 0.717) is 25.0 Å². The van der Waals surface area contributed by atoms with Gasteiger partial charge >= 0.3 is 17.1 Å². The number of imidazole rings is 1. The van der Waals surface area contributed by atoms with Crippen LogP contribution in [-0.2, 0) is 27.6 Å². The predicted molar refractivity (Wildman–Crippen MR) is 128 cm³/mol. The summed E-state index contributed by atoms with van der Waals surface area (Å²) < 4.78 is 11.6. The summed E-state index contributed by atoms with van der Waals surface area (Å²) in [5.74, 6) is -2.33. The maximum atomic E-state index is 12.5. The standard InChI is InChI=1S/C16H17N3O.C4H4O4.Cl3OP/c1-11-16(13-5-3-4-6-14(13)19(11)2)15(20)8-7-12-9-17-10-18-12;5-3(6)1-2-4(7)8;1-5(2,3)4/h3-6,9-10H,7-8H2,1-2H3,(H,17,18);1-2H,(H,5,6)(H,7,8);. The average Bonchev–Trinajstić information content (AvgIpc) is 3.31. The number of carbonyl (C=O) groups excluding carboxylic acids is 1. The number of carbonyl (C=O) groups is 3. The van der Waals surface area contributed by atoms with Gasteiger partial charge in [0.2, 0.25) is 0 Å². The third-order valence-electron chi connectivity index (χ3n) is 4.22. The summed E-state index contributed by atoms with van der Waals surface area (Å²) in [7, 11) is 2.00. The van der Waals surface area contributed by atoms with Gasteiger partial charge in [0.15, 0.2) is 5.78 Å². The minimum Gasteiger partial charge on any atom is -0.478 e. The molecule has 2 aromatic heterocycles. The molecule has 3 rings (SSSR count). The molecule has 0 saturated carbocycles. The SMILES string of the molecule is Cc1c(C(=O)CCc2cnc[nH]2)c2ccccc2n1C.O=C(O)C=CC(=O)O.O=P(Cl)(Cl)Cl. The number of aliphatic carboxylic acids is 2. The van der Waals surface area contributed by atoms with Gasteiger partial charge in [-0.15, -0.1) is 0 Å². The summed E-state index contributed by atoms with van der Waals surface area (Å²) in [4.78, 5) is 38.7. The highest BCUT2D eigenvalue weighted by Crippen LogP contribution is 2.61. The first-order valence-corrected chi connectivity index (χ1v) is 13.6. The number of nitrogens with one attached hydrogen (secondary N) is 1. The summed E-state index contributed by atoms with van der Waals surface area (Å²) in [6, 6.07) is 8.05.